The van der Waals surface area contributed by atoms with Gasteiger partial charge in [0.05, 0.1) is 5.75 Å². The molecule has 0 bridgehead atoms. The molecule has 1 aliphatic heterocycles. The molecule has 5 heteroatoms. The molecule has 1 saturated heterocycles. The minimum absolute atomic E-state index is 0.0955. The van der Waals surface area contributed by atoms with Crippen LogP contribution >= 0.6 is 11.8 Å². The quantitative estimate of drug-likeness (QED) is 0.835. The van der Waals surface area contributed by atoms with E-state index in [2.05, 4.69) is 31.2 Å². The van der Waals surface area contributed by atoms with Gasteiger partial charge < -0.3 is 9.80 Å². The molecule has 4 nitrogen and oxygen atoms in total. The lowest BCUT2D eigenvalue weighted by molar-refractivity contribution is -0.136. The molecule has 2 amide bonds. The van der Waals surface area contributed by atoms with E-state index in [1.54, 1.807) is 23.6 Å². The molecule has 1 aromatic rings. The van der Waals surface area contributed by atoms with Crippen LogP contribution in [0.5, 0.6) is 0 Å². The Morgan fingerprint density at radius 1 is 1.09 bits per heavy atom. The first-order valence-electron chi connectivity index (χ1n) is 7.74. The summed E-state index contributed by atoms with van der Waals surface area (Å²) in [6.07, 6.45) is 0. The van der Waals surface area contributed by atoms with E-state index in [9.17, 15) is 9.59 Å². The van der Waals surface area contributed by atoms with Crippen LogP contribution < -0.4 is 0 Å². The Morgan fingerprint density at radius 3 is 2.27 bits per heavy atom. The maximum atomic E-state index is 12.2. The van der Waals surface area contributed by atoms with Crippen molar-refractivity contribution in [1.29, 1.82) is 0 Å². The Bertz CT molecular complexity index is 499. The van der Waals surface area contributed by atoms with E-state index in [0.29, 0.717) is 37.8 Å². The molecular formula is C17H24N2O2S. The van der Waals surface area contributed by atoms with Crippen LogP contribution in [0.2, 0.25) is 0 Å². The average molecular weight is 320 g/mol. The highest BCUT2D eigenvalue weighted by atomic mass is 32.2. The van der Waals surface area contributed by atoms with Gasteiger partial charge in [-0.3, -0.25) is 9.59 Å². The molecule has 0 unspecified atom stereocenters. The van der Waals surface area contributed by atoms with Crippen molar-refractivity contribution >= 4 is 23.6 Å². The van der Waals surface area contributed by atoms with Gasteiger partial charge in [0.15, 0.2) is 0 Å². The van der Waals surface area contributed by atoms with Crippen LogP contribution in [0.25, 0.3) is 0 Å². The number of benzene rings is 1. The molecule has 2 rings (SSSR count). The highest BCUT2D eigenvalue weighted by molar-refractivity contribution is 7.99. The van der Waals surface area contributed by atoms with Crippen molar-refractivity contribution in [2.45, 2.75) is 19.8 Å². The molecular weight excluding hydrogens is 296 g/mol. The first-order chi connectivity index (χ1) is 10.6. The zero-order chi connectivity index (χ0) is 15.9. The fourth-order valence-electron chi connectivity index (χ4n) is 2.56. The number of hydrogen-bond acceptors (Lipinski definition) is 3. The summed E-state index contributed by atoms with van der Waals surface area (Å²) in [5, 5.41) is 0. The third-order valence-electron chi connectivity index (χ3n) is 4.04. The van der Waals surface area contributed by atoms with E-state index in [1.165, 1.54) is 5.56 Å². The number of hydrogen-bond donors (Lipinski definition) is 0. The van der Waals surface area contributed by atoms with E-state index in [1.807, 2.05) is 11.0 Å². The smallest absolute Gasteiger partial charge is 0.232 e. The summed E-state index contributed by atoms with van der Waals surface area (Å²) in [5.74, 6) is 2.21. The van der Waals surface area contributed by atoms with E-state index in [4.69, 9.17) is 0 Å². The molecule has 1 atom stereocenters. The summed E-state index contributed by atoms with van der Waals surface area (Å²) in [4.78, 5) is 27.1. The van der Waals surface area contributed by atoms with Gasteiger partial charge in [-0.1, -0.05) is 37.3 Å². The molecule has 1 heterocycles. The number of nitrogens with zero attached hydrogens (tertiary/aromatic N) is 2. The van der Waals surface area contributed by atoms with Gasteiger partial charge in [-0.15, -0.1) is 0 Å². The average Bonchev–Trinajstić information content (AvgIpc) is 2.55. The predicted molar refractivity (Wildman–Crippen MR) is 91.0 cm³/mol. The van der Waals surface area contributed by atoms with Crippen molar-refractivity contribution in [2.75, 3.05) is 37.7 Å². The Balaban J connectivity index is 1.69. The number of piperazine rings is 1. The van der Waals surface area contributed by atoms with Crippen LogP contribution in [-0.2, 0) is 9.59 Å². The van der Waals surface area contributed by atoms with Crippen molar-refractivity contribution in [3.05, 3.63) is 35.9 Å². The molecule has 0 radical (unpaired) electrons. The Labute approximate surface area is 136 Å². The molecule has 0 spiro atoms. The van der Waals surface area contributed by atoms with Crippen molar-refractivity contribution in [2.24, 2.45) is 0 Å². The lowest BCUT2D eigenvalue weighted by Gasteiger charge is -2.34. The summed E-state index contributed by atoms with van der Waals surface area (Å²) in [7, 11) is 0. The van der Waals surface area contributed by atoms with Crippen LogP contribution in [0.15, 0.2) is 30.3 Å². The largest absolute Gasteiger partial charge is 0.339 e. The number of carbonyl (C=O) groups excluding carboxylic acids is 2. The summed E-state index contributed by atoms with van der Waals surface area (Å²) in [6.45, 7) is 6.41. The lowest BCUT2D eigenvalue weighted by atomic mass is 10.0. The first-order valence-corrected chi connectivity index (χ1v) is 8.89. The minimum atomic E-state index is 0.0955. The second-order valence-corrected chi connectivity index (χ2v) is 6.74. The molecule has 1 fully saturated rings. The third-order valence-corrected chi connectivity index (χ3v) is 5.23. The Kier molecular flexibility index (Phi) is 6.31. The highest BCUT2D eigenvalue weighted by Gasteiger charge is 2.22. The summed E-state index contributed by atoms with van der Waals surface area (Å²) in [5.41, 5.74) is 1.32. The number of amides is 2. The van der Waals surface area contributed by atoms with E-state index >= 15 is 0 Å². The Morgan fingerprint density at radius 2 is 1.68 bits per heavy atom. The molecule has 22 heavy (non-hydrogen) atoms. The van der Waals surface area contributed by atoms with Gasteiger partial charge in [0.1, 0.15) is 0 Å². The van der Waals surface area contributed by atoms with Gasteiger partial charge in [-0.05, 0) is 11.5 Å². The second kappa shape index (κ2) is 8.22. The minimum Gasteiger partial charge on any atom is -0.339 e. The summed E-state index contributed by atoms with van der Waals surface area (Å²) in [6, 6.07) is 10.4. The molecule has 1 aliphatic rings. The molecule has 120 valence electrons. The number of thioether (sulfide) groups is 1. The monoisotopic (exact) mass is 320 g/mol. The topological polar surface area (TPSA) is 40.6 Å². The van der Waals surface area contributed by atoms with Gasteiger partial charge in [-0.25, -0.2) is 0 Å². The second-order valence-electron chi connectivity index (χ2n) is 5.71. The SMILES string of the molecule is CC(=O)N1CCN(C(=O)CSC[C@H](C)c2ccccc2)CC1. The van der Waals surface area contributed by atoms with Crippen molar-refractivity contribution in [1.82, 2.24) is 9.80 Å². The van der Waals surface area contributed by atoms with Crippen molar-refractivity contribution in [3.8, 4) is 0 Å². The molecule has 0 saturated carbocycles. The standard InChI is InChI=1S/C17H24N2O2S/c1-14(16-6-4-3-5-7-16)12-22-13-17(21)19-10-8-18(9-11-19)15(2)20/h3-7,14H,8-13H2,1-2H3/t14-/m0/s1. The molecule has 1 aromatic carbocycles. The lowest BCUT2D eigenvalue weighted by Crippen LogP contribution is -2.50. The van der Waals surface area contributed by atoms with Crippen LogP contribution in [-0.4, -0.2) is 59.3 Å². The van der Waals surface area contributed by atoms with Crippen LogP contribution in [0.3, 0.4) is 0 Å². The van der Waals surface area contributed by atoms with E-state index in [-0.39, 0.29) is 11.8 Å². The zero-order valence-electron chi connectivity index (χ0n) is 13.3. The summed E-state index contributed by atoms with van der Waals surface area (Å²) >= 11 is 1.69. The number of rotatable bonds is 5. The van der Waals surface area contributed by atoms with Crippen molar-refractivity contribution < 1.29 is 9.59 Å². The van der Waals surface area contributed by atoms with Crippen molar-refractivity contribution in [3.63, 3.8) is 0 Å². The van der Waals surface area contributed by atoms with Crippen LogP contribution in [0.1, 0.15) is 25.3 Å². The van der Waals surface area contributed by atoms with Crippen LogP contribution in [0.4, 0.5) is 0 Å². The number of carbonyl (C=O) groups is 2. The van der Waals surface area contributed by atoms with E-state index < -0.39 is 0 Å². The van der Waals surface area contributed by atoms with Gasteiger partial charge in [0, 0.05) is 38.9 Å². The fraction of sp³-hybridized carbons (Fsp3) is 0.529. The normalized spacial score (nSPS) is 16.5. The molecule has 0 aromatic heterocycles. The van der Waals surface area contributed by atoms with E-state index in [0.717, 1.165) is 5.75 Å². The fourth-order valence-corrected chi connectivity index (χ4v) is 3.58. The molecule has 0 aliphatic carbocycles. The molecule has 0 N–H and O–H groups in total. The van der Waals surface area contributed by atoms with Gasteiger partial charge in [-0.2, -0.15) is 11.8 Å². The van der Waals surface area contributed by atoms with Gasteiger partial charge >= 0.3 is 0 Å². The maximum absolute atomic E-state index is 12.2. The first kappa shape index (κ1) is 16.9. The highest BCUT2D eigenvalue weighted by Crippen LogP contribution is 2.20. The maximum Gasteiger partial charge on any atom is 0.232 e. The van der Waals surface area contributed by atoms with Gasteiger partial charge in [0.2, 0.25) is 11.8 Å². The van der Waals surface area contributed by atoms with Gasteiger partial charge in [0.25, 0.3) is 0 Å². The zero-order valence-corrected chi connectivity index (χ0v) is 14.1. The summed E-state index contributed by atoms with van der Waals surface area (Å²) < 4.78 is 0. The third kappa shape index (κ3) is 4.77. The van der Waals surface area contributed by atoms with Crippen LogP contribution in [0, 0.1) is 0 Å². The Hall–Kier alpha value is -1.49. The predicted octanol–water partition coefficient (Wildman–Crippen LogP) is 2.21.